The summed E-state index contributed by atoms with van der Waals surface area (Å²) in [7, 11) is 0. The van der Waals surface area contributed by atoms with E-state index in [0.717, 1.165) is 6.42 Å². The molecule has 0 saturated heterocycles. The van der Waals surface area contributed by atoms with E-state index in [1.54, 1.807) is 13.0 Å². The van der Waals surface area contributed by atoms with Crippen LogP contribution < -0.4 is 11.4 Å². The van der Waals surface area contributed by atoms with Crippen molar-refractivity contribution in [2.24, 2.45) is 5.90 Å². The van der Waals surface area contributed by atoms with E-state index in [2.05, 4.69) is 10.3 Å². The quantitative estimate of drug-likeness (QED) is 0.340. The molecule has 0 rings (SSSR count). The van der Waals surface area contributed by atoms with Gasteiger partial charge in [-0.2, -0.15) is 5.90 Å². The number of allylic oxidation sites excluding steroid dienone is 1. The van der Waals surface area contributed by atoms with Crippen LogP contribution in [-0.2, 0) is 9.68 Å². The third kappa shape index (κ3) is 4.17. The molecule has 10 heavy (non-hydrogen) atoms. The van der Waals surface area contributed by atoms with Gasteiger partial charge in [0.05, 0.1) is 6.61 Å². The van der Waals surface area contributed by atoms with E-state index in [1.165, 1.54) is 0 Å². The van der Waals surface area contributed by atoms with Gasteiger partial charge in [0.2, 0.25) is 5.88 Å². The minimum absolute atomic E-state index is 0.424. The topological polar surface area (TPSA) is 56.5 Å². The van der Waals surface area contributed by atoms with Crippen LogP contribution in [0.25, 0.3) is 0 Å². The number of hydrogen-bond acceptors (Lipinski definition) is 4. The average molecular weight is 146 g/mol. The van der Waals surface area contributed by atoms with Crippen molar-refractivity contribution in [1.82, 2.24) is 5.48 Å². The number of hydroxylamine groups is 1. The van der Waals surface area contributed by atoms with Crippen LogP contribution in [0.4, 0.5) is 0 Å². The summed E-state index contributed by atoms with van der Waals surface area (Å²) in [5.74, 6) is 5.28. The molecule has 0 aliphatic rings. The molecule has 60 valence electrons. The number of rotatable bonds is 5. The van der Waals surface area contributed by atoms with Crippen LogP contribution >= 0.6 is 0 Å². The van der Waals surface area contributed by atoms with Crippen molar-refractivity contribution in [1.29, 1.82) is 0 Å². The molecule has 0 aliphatic carbocycles. The Morgan fingerprint density at radius 1 is 1.70 bits per heavy atom. The summed E-state index contributed by atoms with van der Waals surface area (Å²) in [5.41, 5.74) is 2.53. The van der Waals surface area contributed by atoms with Crippen LogP contribution in [0.3, 0.4) is 0 Å². The Bertz CT molecular complexity index is 104. The summed E-state index contributed by atoms with van der Waals surface area (Å²) in [6.07, 6.45) is 2.63. The highest BCUT2D eigenvalue weighted by atomic mass is 16.7. The van der Waals surface area contributed by atoms with Gasteiger partial charge in [-0.05, 0) is 19.4 Å². The van der Waals surface area contributed by atoms with Gasteiger partial charge >= 0.3 is 0 Å². The minimum atomic E-state index is 0.424. The maximum absolute atomic E-state index is 4.90. The Hall–Kier alpha value is -0.740. The van der Waals surface area contributed by atoms with Gasteiger partial charge in [-0.1, -0.05) is 6.92 Å². The standard InChI is InChI=1S/C6H14N2O2/c1-3-5-9-8-6(4-2)10-7/h4,8H,3,5,7H2,1-2H3. The second kappa shape index (κ2) is 6.38. The fourth-order valence-corrected chi connectivity index (χ4v) is 0.375. The van der Waals surface area contributed by atoms with Crippen LogP contribution in [0.1, 0.15) is 20.3 Å². The first-order valence-corrected chi connectivity index (χ1v) is 3.26. The smallest absolute Gasteiger partial charge is 0.230 e. The van der Waals surface area contributed by atoms with E-state index >= 15 is 0 Å². The molecule has 4 nitrogen and oxygen atoms in total. The molecular weight excluding hydrogens is 132 g/mol. The molecule has 0 amide bonds. The summed E-state index contributed by atoms with van der Waals surface area (Å²) in [4.78, 5) is 9.27. The zero-order valence-corrected chi connectivity index (χ0v) is 6.39. The lowest BCUT2D eigenvalue weighted by Crippen LogP contribution is -2.19. The monoisotopic (exact) mass is 146 g/mol. The molecule has 0 bridgehead atoms. The fraction of sp³-hybridized carbons (Fsp3) is 0.667. The number of nitrogens with one attached hydrogen (secondary N) is 1. The van der Waals surface area contributed by atoms with Crippen LogP contribution in [0.15, 0.2) is 12.0 Å². The first kappa shape index (κ1) is 9.26. The lowest BCUT2D eigenvalue weighted by atomic mass is 10.5. The van der Waals surface area contributed by atoms with Crippen molar-refractivity contribution < 1.29 is 9.68 Å². The van der Waals surface area contributed by atoms with Crippen molar-refractivity contribution in [3.63, 3.8) is 0 Å². The van der Waals surface area contributed by atoms with Gasteiger partial charge in [0.1, 0.15) is 0 Å². The van der Waals surface area contributed by atoms with Gasteiger partial charge < -0.3 is 4.84 Å². The summed E-state index contributed by atoms with van der Waals surface area (Å²) >= 11 is 0. The van der Waals surface area contributed by atoms with Gasteiger partial charge in [0.15, 0.2) is 0 Å². The largest absolute Gasteiger partial charge is 0.392 e. The van der Waals surface area contributed by atoms with Gasteiger partial charge in [-0.3, -0.25) is 4.84 Å². The molecule has 4 heteroatoms. The molecular formula is C6H14N2O2. The first-order valence-electron chi connectivity index (χ1n) is 3.26. The van der Waals surface area contributed by atoms with Gasteiger partial charge in [-0.25, -0.2) is 5.48 Å². The molecule has 0 aromatic heterocycles. The number of nitrogens with two attached hydrogens (primary N) is 1. The molecule has 0 spiro atoms. The Labute approximate surface area is 60.9 Å². The summed E-state index contributed by atoms with van der Waals surface area (Å²) in [6, 6.07) is 0. The predicted molar refractivity (Wildman–Crippen MR) is 38.4 cm³/mol. The molecule has 0 atom stereocenters. The van der Waals surface area contributed by atoms with E-state index in [4.69, 9.17) is 10.7 Å². The second-order valence-electron chi connectivity index (χ2n) is 1.72. The fourth-order valence-electron chi connectivity index (χ4n) is 0.375. The second-order valence-corrected chi connectivity index (χ2v) is 1.72. The highest BCUT2D eigenvalue weighted by Gasteiger charge is 1.90. The Balaban J connectivity index is 3.27. The molecule has 0 unspecified atom stereocenters. The Morgan fingerprint density at radius 2 is 2.40 bits per heavy atom. The summed E-state index contributed by atoms with van der Waals surface area (Å²) in [6.45, 7) is 4.45. The maximum Gasteiger partial charge on any atom is 0.230 e. The minimum Gasteiger partial charge on any atom is -0.392 e. The van der Waals surface area contributed by atoms with Crippen molar-refractivity contribution in [3.05, 3.63) is 12.0 Å². The first-order chi connectivity index (χ1) is 4.85. The molecule has 0 heterocycles. The van der Waals surface area contributed by atoms with Crippen LogP contribution in [0.5, 0.6) is 0 Å². The SMILES string of the molecule is CC=C(NOCCC)ON. The van der Waals surface area contributed by atoms with E-state index in [1.807, 2.05) is 6.92 Å². The van der Waals surface area contributed by atoms with Crippen LogP contribution in [0.2, 0.25) is 0 Å². The zero-order valence-electron chi connectivity index (χ0n) is 6.39. The highest BCUT2D eigenvalue weighted by Crippen LogP contribution is 1.86. The van der Waals surface area contributed by atoms with Crippen molar-refractivity contribution in [2.45, 2.75) is 20.3 Å². The van der Waals surface area contributed by atoms with E-state index in [9.17, 15) is 0 Å². The van der Waals surface area contributed by atoms with E-state index < -0.39 is 0 Å². The van der Waals surface area contributed by atoms with Gasteiger partial charge in [-0.15, -0.1) is 0 Å². The van der Waals surface area contributed by atoms with E-state index in [0.29, 0.717) is 12.5 Å². The predicted octanol–water partition coefficient (Wildman–Crippen LogP) is 0.669. The van der Waals surface area contributed by atoms with Gasteiger partial charge in [0, 0.05) is 0 Å². The average Bonchev–Trinajstić information content (AvgIpc) is 1.99. The molecule has 0 fully saturated rings. The zero-order chi connectivity index (χ0) is 7.82. The molecule has 0 aliphatic heterocycles. The number of hydrogen-bond donors (Lipinski definition) is 2. The summed E-state index contributed by atoms with van der Waals surface area (Å²) in [5, 5.41) is 0. The van der Waals surface area contributed by atoms with Gasteiger partial charge in [0.25, 0.3) is 0 Å². The molecule has 0 radical (unpaired) electrons. The Kier molecular flexibility index (Phi) is 5.91. The maximum atomic E-state index is 4.90. The van der Waals surface area contributed by atoms with Crippen molar-refractivity contribution in [3.8, 4) is 0 Å². The van der Waals surface area contributed by atoms with Crippen molar-refractivity contribution in [2.75, 3.05) is 6.61 Å². The molecule has 0 aromatic rings. The molecule has 3 N–H and O–H groups in total. The Morgan fingerprint density at radius 3 is 2.80 bits per heavy atom. The highest BCUT2D eigenvalue weighted by molar-refractivity contribution is 4.82. The van der Waals surface area contributed by atoms with E-state index in [-0.39, 0.29) is 0 Å². The molecule has 0 aromatic carbocycles. The summed E-state index contributed by atoms with van der Waals surface area (Å²) < 4.78 is 0. The lowest BCUT2D eigenvalue weighted by Gasteiger charge is -2.06. The van der Waals surface area contributed by atoms with Crippen LogP contribution in [-0.4, -0.2) is 6.61 Å². The third-order valence-electron chi connectivity index (χ3n) is 0.868. The molecule has 0 saturated carbocycles. The van der Waals surface area contributed by atoms with Crippen molar-refractivity contribution >= 4 is 0 Å². The normalized spacial score (nSPS) is 11.3. The van der Waals surface area contributed by atoms with Crippen LogP contribution in [0, 0.1) is 0 Å². The lowest BCUT2D eigenvalue weighted by molar-refractivity contribution is 0.0134. The third-order valence-corrected chi connectivity index (χ3v) is 0.868.